The van der Waals surface area contributed by atoms with Crippen molar-refractivity contribution in [1.82, 2.24) is 5.32 Å². The summed E-state index contributed by atoms with van der Waals surface area (Å²) in [4.78, 5) is 24.8. The minimum absolute atomic E-state index is 0.185. The van der Waals surface area contributed by atoms with Crippen molar-refractivity contribution < 1.29 is 9.59 Å². The van der Waals surface area contributed by atoms with E-state index >= 15 is 0 Å². The van der Waals surface area contributed by atoms with E-state index in [1.807, 2.05) is 0 Å². The van der Waals surface area contributed by atoms with Gasteiger partial charge in [0.05, 0.1) is 10.0 Å². The maximum absolute atomic E-state index is 12.4. The number of nitrogens with one attached hydrogen (secondary N) is 2. The fraction of sp³-hybridized carbons (Fsp3) is 0.500. The molecule has 2 rings (SSSR count). The van der Waals surface area contributed by atoms with Gasteiger partial charge in [-0.25, -0.2) is 0 Å². The molecule has 22 heavy (non-hydrogen) atoms. The van der Waals surface area contributed by atoms with Crippen LogP contribution in [0.3, 0.4) is 0 Å². The average molecular weight is 343 g/mol. The molecule has 0 saturated heterocycles. The standard InChI is InChI=1S/C16H20Cl2N2O2/c1-16(2,14(21)19-10-5-3-4-6-10)15(22)20-11-7-8-12(17)13(18)9-11/h7-10H,3-6H2,1-2H3,(H,19,21)(H,20,22). The van der Waals surface area contributed by atoms with E-state index in [2.05, 4.69) is 10.6 Å². The molecule has 1 aliphatic rings. The van der Waals surface area contributed by atoms with Crippen molar-refractivity contribution in [2.24, 2.45) is 5.41 Å². The summed E-state index contributed by atoms with van der Waals surface area (Å²) in [6.07, 6.45) is 4.22. The maximum atomic E-state index is 12.4. The molecule has 0 heterocycles. The van der Waals surface area contributed by atoms with Crippen LogP contribution in [0.1, 0.15) is 39.5 Å². The van der Waals surface area contributed by atoms with E-state index in [1.165, 1.54) is 0 Å². The Hall–Kier alpha value is -1.26. The first kappa shape index (κ1) is 17.1. The summed E-state index contributed by atoms with van der Waals surface area (Å²) in [5.41, 5.74) is -0.643. The lowest BCUT2D eigenvalue weighted by molar-refractivity contribution is -0.138. The zero-order chi connectivity index (χ0) is 16.3. The number of halogens is 2. The molecule has 1 saturated carbocycles. The summed E-state index contributed by atoms with van der Waals surface area (Å²) >= 11 is 11.8. The molecule has 4 nitrogen and oxygen atoms in total. The molecule has 0 aromatic heterocycles. The van der Waals surface area contributed by atoms with E-state index in [0.717, 1.165) is 25.7 Å². The van der Waals surface area contributed by atoms with Crippen molar-refractivity contribution in [2.75, 3.05) is 5.32 Å². The molecule has 0 spiro atoms. The number of benzene rings is 1. The zero-order valence-electron chi connectivity index (χ0n) is 12.7. The Kier molecular flexibility index (Phi) is 5.35. The summed E-state index contributed by atoms with van der Waals surface area (Å²) in [7, 11) is 0. The first-order chi connectivity index (χ1) is 10.3. The summed E-state index contributed by atoms with van der Waals surface area (Å²) in [5.74, 6) is -0.627. The number of amides is 2. The van der Waals surface area contributed by atoms with E-state index in [0.29, 0.717) is 15.7 Å². The third-order valence-corrected chi connectivity index (χ3v) is 4.74. The second-order valence-electron chi connectivity index (χ2n) is 6.16. The second-order valence-corrected chi connectivity index (χ2v) is 6.98. The second kappa shape index (κ2) is 6.88. The highest BCUT2D eigenvalue weighted by atomic mass is 35.5. The summed E-state index contributed by atoms with van der Waals surface area (Å²) in [6.45, 7) is 3.23. The van der Waals surface area contributed by atoms with Gasteiger partial charge >= 0.3 is 0 Å². The molecule has 2 amide bonds. The maximum Gasteiger partial charge on any atom is 0.239 e. The monoisotopic (exact) mass is 342 g/mol. The number of rotatable bonds is 4. The predicted molar refractivity (Wildman–Crippen MR) is 89.3 cm³/mol. The van der Waals surface area contributed by atoms with Gasteiger partial charge in [0, 0.05) is 11.7 Å². The predicted octanol–water partition coefficient (Wildman–Crippen LogP) is 4.02. The largest absolute Gasteiger partial charge is 0.352 e. The Morgan fingerprint density at radius 2 is 1.73 bits per heavy atom. The van der Waals surface area contributed by atoms with Crippen molar-refractivity contribution in [1.29, 1.82) is 0 Å². The Morgan fingerprint density at radius 1 is 1.09 bits per heavy atom. The van der Waals surface area contributed by atoms with Crippen LogP contribution >= 0.6 is 23.2 Å². The molecular weight excluding hydrogens is 323 g/mol. The van der Waals surface area contributed by atoms with Crippen molar-refractivity contribution in [3.8, 4) is 0 Å². The molecule has 0 unspecified atom stereocenters. The Labute approximate surface area is 140 Å². The molecule has 2 N–H and O–H groups in total. The highest BCUT2D eigenvalue weighted by molar-refractivity contribution is 6.42. The van der Waals surface area contributed by atoms with E-state index in [9.17, 15) is 9.59 Å². The van der Waals surface area contributed by atoms with Gasteiger partial charge in [-0.1, -0.05) is 36.0 Å². The molecule has 1 aliphatic carbocycles. The summed E-state index contributed by atoms with van der Waals surface area (Å²) in [5, 5.41) is 6.44. The first-order valence-electron chi connectivity index (χ1n) is 7.38. The van der Waals surface area contributed by atoms with Crippen molar-refractivity contribution in [3.63, 3.8) is 0 Å². The number of hydrogen-bond acceptors (Lipinski definition) is 2. The quantitative estimate of drug-likeness (QED) is 0.812. The van der Waals surface area contributed by atoms with Gasteiger partial charge in [0.15, 0.2) is 0 Å². The van der Waals surface area contributed by atoms with Crippen LogP contribution in [-0.4, -0.2) is 17.9 Å². The smallest absolute Gasteiger partial charge is 0.239 e. The number of hydrogen-bond donors (Lipinski definition) is 2. The minimum Gasteiger partial charge on any atom is -0.352 e. The summed E-state index contributed by atoms with van der Waals surface area (Å²) in [6, 6.07) is 5.00. The third-order valence-electron chi connectivity index (χ3n) is 4.00. The van der Waals surface area contributed by atoms with E-state index in [-0.39, 0.29) is 17.9 Å². The molecule has 0 bridgehead atoms. The molecule has 1 aromatic rings. The van der Waals surface area contributed by atoms with Crippen LogP contribution in [0.15, 0.2) is 18.2 Å². The van der Waals surface area contributed by atoms with Crippen LogP contribution in [0, 0.1) is 5.41 Å². The SMILES string of the molecule is CC(C)(C(=O)Nc1ccc(Cl)c(Cl)c1)C(=O)NC1CCCC1. The van der Waals surface area contributed by atoms with Gasteiger partial charge in [-0.3, -0.25) is 9.59 Å². The summed E-state index contributed by atoms with van der Waals surface area (Å²) < 4.78 is 0. The van der Waals surface area contributed by atoms with Crippen LogP contribution in [-0.2, 0) is 9.59 Å². The van der Waals surface area contributed by atoms with E-state index < -0.39 is 5.41 Å². The van der Waals surface area contributed by atoms with Crippen LogP contribution in [0.2, 0.25) is 10.0 Å². The van der Waals surface area contributed by atoms with Gasteiger partial charge in [0.25, 0.3) is 0 Å². The lowest BCUT2D eigenvalue weighted by Gasteiger charge is -2.25. The van der Waals surface area contributed by atoms with Crippen molar-refractivity contribution >= 4 is 40.7 Å². The molecular formula is C16H20Cl2N2O2. The van der Waals surface area contributed by atoms with E-state index in [1.54, 1.807) is 32.0 Å². The van der Waals surface area contributed by atoms with Crippen LogP contribution < -0.4 is 10.6 Å². The highest BCUT2D eigenvalue weighted by Gasteiger charge is 2.37. The van der Waals surface area contributed by atoms with Gasteiger partial charge < -0.3 is 10.6 Å². The molecule has 0 atom stereocenters. The van der Waals surface area contributed by atoms with Crippen molar-refractivity contribution in [2.45, 2.75) is 45.6 Å². The molecule has 1 fully saturated rings. The first-order valence-corrected chi connectivity index (χ1v) is 8.14. The van der Waals surface area contributed by atoms with Gasteiger partial charge in [-0.15, -0.1) is 0 Å². The average Bonchev–Trinajstić information content (AvgIpc) is 2.95. The lowest BCUT2D eigenvalue weighted by atomic mass is 9.90. The Balaban J connectivity index is 2.02. The van der Waals surface area contributed by atoms with Crippen molar-refractivity contribution in [3.05, 3.63) is 28.2 Å². The van der Waals surface area contributed by atoms with Gasteiger partial charge in [0.1, 0.15) is 5.41 Å². The number of anilines is 1. The molecule has 0 aliphatic heterocycles. The van der Waals surface area contributed by atoms with Gasteiger partial charge in [-0.2, -0.15) is 0 Å². The Morgan fingerprint density at radius 3 is 2.32 bits per heavy atom. The normalized spacial score (nSPS) is 15.6. The van der Waals surface area contributed by atoms with Gasteiger partial charge in [0.2, 0.25) is 11.8 Å². The molecule has 0 radical (unpaired) electrons. The van der Waals surface area contributed by atoms with Crippen LogP contribution in [0.5, 0.6) is 0 Å². The fourth-order valence-electron chi connectivity index (χ4n) is 2.40. The number of carbonyl (C=O) groups is 2. The number of carbonyl (C=O) groups excluding carboxylic acids is 2. The topological polar surface area (TPSA) is 58.2 Å². The van der Waals surface area contributed by atoms with Crippen LogP contribution in [0.25, 0.3) is 0 Å². The van der Waals surface area contributed by atoms with Gasteiger partial charge in [-0.05, 0) is 44.9 Å². The third kappa shape index (κ3) is 3.93. The zero-order valence-corrected chi connectivity index (χ0v) is 14.2. The van der Waals surface area contributed by atoms with E-state index in [4.69, 9.17) is 23.2 Å². The highest BCUT2D eigenvalue weighted by Crippen LogP contribution is 2.27. The fourth-order valence-corrected chi connectivity index (χ4v) is 2.70. The van der Waals surface area contributed by atoms with Crippen LogP contribution in [0.4, 0.5) is 5.69 Å². The molecule has 6 heteroatoms. The molecule has 120 valence electrons. The Bertz CT molecular complexity index is 582. The minimum atomic E-state index is -1.16. The molecule has 1 aromatic carbocycles. The lowest BCUT2D eigenvalue weighted by Crippen LogP contribution is -2.47.